The molecule has 0 aliphatic carbocycles. The van der Waals surface area contributed by atoms with Crippen LogP contribution in [0.25, 0.3) is 11.4 Å². The van der Waals surface area contributed by atoms with Gasteiger partial charge in [0.1, 0.15) is 5.75 Å². The number of thioether (sulfide) groups is 1. The molecule has 0 amide bonds. The van der Waals surface area contributed by atoms with Crippen molar-refractivity contribution >= 4 is 11.8 Å². The summed E-state index contributed by atoms with van der Waals surface area (Å²) in [6.45, 7) is 0. The van der Waals surface area contributed by atoms with E-state index >= 15 is 0 Å². The molecule has 0 saturated carbocycles. The first-order valence-corrected chi connectivity index (χ1v) is 7.23. The van der Waals surface area contributed by atoms with Crippen molar-refractivity contribution in [2.45, 2.75) is 17.4 Å². The molecule has 1 aromatic carbocycles. The molecule has 2 rings (SSSR count). The third kappa shape index (κ3) is 3.53. The molecule has 120 valence electrons. The topological polar surface area (TPSA) is 60.2 Å². The van der Waals surface area contributed by atoms with E-state index in [1.165, 1.54) is 7.11 Å². The van der Waals surface area contributed by atoms with Gasteiger partial charge in [-0.25, -0.2) is 0 Å². The molecule has 0 aliphatic rings. The van der Waals surface area contributed by atoms with E-state index in [4.69, 9.17) is 9.84 Å². The lowest BCUT2D eigenvalue weighted by atomic mass is 10.2. The molecule has 0 unspecified atom stereocenters. The fourth-order valence-corrected chi connectivity index (χ4v) is 2.63. The first-order valence-electron chi connectivity index (χ1n) is 6.25. The van der Waals surface area contributed by atoms with Crippen LogP contribution < -0.4 is 4.74 Å². The highest BCUT2D eigenvalue weighted by molar-refractivity contribution is 7.99. The van der Waals surface area contributed by atoms with Gasteiger partial charge < -0.3 is 14.4 Å². The maximum absolute atomic E-state index is 12.3. The van der Waals surface area contributed by atoms with Crippen molar-refractivity contribution in [3.63, 3.8) is 0 Å². The number of halogens is 3. The molecular formula is C13H14F3N3O2S. The maximum Gasteiger partial charge on any atom is 0.415 e. The summed E-state index contributed by atoms with van der Waals surface area (Å²) in [5.74, 6) is 0.521. The quantitative estimate of drug-likeness (QED) is 0.852. The van der Waals surface area contributed by atoms with Gasteiger partial charge in [0.15, 0.2) is 17.1 Å². The van der Waals surface area contributed by atoms with Crippen LogP contribution >= 0.6 is 11.8 Å². The predicted molar refractivity (Wildman–Crippen MR) is 75.8 cm³/mol. The summed E-state index contributed by atoms with van der Waals surface area (Å²) in [6.07, 6.45) is -7.04. The molecule has 0 spiro atoms. The molecule has 0 bridgehead atoms. The molecule has 22 heavy (non-hydrogen) atoms. The number of methoxy groups -OCH3 is 1. The fraction of sp³-hybridized carbons (Fsp3) is 0.385. The minimum absolute atomic E-state index is 0.282. The number of nitrogens with zero attached hydrogens (tertiary/aromatic N) is 3. The van der Waals surface area contributed by atoms with Crippen molar-refractivity contribution in [2.75, 3.05) is 12.9 Å². The van der Waals surface area contributed by atoms with Gasteiger partial charge in [-0.2, -0.15) is 13.2 Å². The van der Waals surface area contributed by atoms with Gasteiger partial charge in [-0.15, -0.1) is 10.2 Å². The first-order chi connectivity index (χ1) is 10.3. The zero-order valence-electron chi connectivity index (χ0n) is 11.8. The van der Waals surface area contributed by atoms with Gasteiger partial charge in [0.05, 0.1) is 12.7 Å². The Morgan fingerprint density at radius 1 is 1.32 bits per heavy atom. The van der Waals surface area contributed by atoms with E-state index in [1.54, 1.807) is 35.9 Å². The van der Waals surface area contributed by atoms with Gasteiger partial charge in [0.25, 0.3) is 0 Å². The van der Waals surface area contributed by atoms with Crippen LogP contribution in [-0.4, -0.2) is 45.0 Å². The van der Waals surface area contributed by atoms with Crippen molar-refractivity contribution < 1.29 is 23.0 Å². The number of rotatable bonds is 5. The number of hydrogen-bond donors (Lipinski definition) is 1. The number of benzene rings is 1. The summed E-state index contributed by atoms with van der Waals surface area (Å²) in [4.78, 5) is 0. The minimum atomic E-state index is -4.64. The number of para-hydroxylation sites is 1. The van der Waals surface area contributed by atoms with E-state index in [2.05, 4.69) is 10.2 Å². The third-order valence-corrected chi connectivity index (χ3v) is 4.03. The highest BCUT2D eigenvalue weighted by Crippen LogP contribution is 2.31. The molecule has 5 nitrogen and oxygen atoms in total. The Balaban J connectivity index is 2.20. The minimum Gasteiger partial charge on any atom is -0.496 e. The Morgan fingerprint density at radius 2 is 2.00 bits per heavy atom. The summed E-state index contributed by atoms with van der Waals surface area (Å²) in [5.41, 5.74) is 0.684. The van der Waals surface area contributed by atoms with E-state index in [0.29, 0.717) is 17.1 Å². The lowest BCUT2D eigenvalue weighted by Gasteiger charge is -2.13. The van der Waals surface area contributed by atoms with Gasteiger partial charge >= 0.3 is 6.18 Å². The lowest BCUT2D eigenvalue weighted by molar-refractivity contribution is -0.195. The second-order valence-electron chi connectivity index (χ2n) is 4.43. The van der Waals surface area contributed by atoms with Crippen LogP contribution in [0.15, 0.2) is 29.4 Å². The molecule has 1 N–H and O–H groups in total. The van der Waals surface area contributed by atoms with Crippen molar-refractivity contribution in [3.8, 4) is 17.1 Å². The fourth-order valence-electron chi connectivity index (χ4n) is 1.75. The van der Waals surface area contributed by atoms with Crippen molar-refractivity contribution in [2.24, 2.45) is 7.05 Å². The Kier molecular flexibility index (Phi) is 4.97. The van der Waals surface area contributed by atoms with Gasteiger partial charge in [0, 0.05) is 12.8 Å². The molecule has 0 fully saturated rings. The van der Waals surface area contributed by atoms with E-state index in [0.717, 1.165) is 11.8 Å². The van der Waals surface area contributed by atoms with Crippen molar-refractivity contribution in [3.05, 3.63) is 24.3 Å². The molecule has 1 heterocycles. The van der Waals surface area contributed by atoms with Gasteiger partial charge in [-0.05, 0) is 12.1 Å². The van der Waals surface area contributed by atoms with E-state index < -0.39 is 18.0 Å². The normalized spacial score (nSPS) is 13.2. The molecule has 1 aromatic heterocycles. The second kappa shape index (κ2) is 6.57. The smallest absolute Gasteiger partial charge is 0.415 e. The van der Waals surface area contributed by atoms with Crippen LogP contribution in [0.4, 0.5) is 13.2 Å². The highest BCUT2D eigenvalue weighted by Gasteiger charge is 2.38. The number of aliphatic hydroxyl groups excluding tert-OH is 1. The SMILES string of the molecule is COc1ccccc1-c1nnc(SC[C@@H](O)C(F)(F)F)n1C. The summed E-state index contributed by atoms with van der Waals surface area (Å²) in [7, 11) is 3.16. The van der Waals surface area contributed by atoms with Crippen LogP contribution in [0.5, 0.6) is 5.75 Å². The lowest BCUT2D eigenvalue weighted by Crippen LogP contribution is -2.30. The average Bonchev–Trinajstić information content (AvgIpc) is 2.84. The predicted octanol–water partition coefficient (Wildman–Crippen LogP) is 2.51. The van der Waals surface area contributed by atoms with Gasteiger partial charge in [-0.3, -0.25) is 0 Å². The van der Waals surface area contributed by atoms with Crippen molar-refractivity contribution in [1.29, 1.82) is 0 Å². The molecule has 0 saturated heterocycles. The zero-order valence-corrected chi connectivity index (χ0v) is 12.6. The van der Waals surface area contributed by atoms with Crippen LogP contribution in [0.1, 0.15) is 0 Å². The number of ether oxygens (including phenoxy) is 1. The van der Waals surface area contributed by atoms with Crippen LogP contribution in [0, 0.1) is 0 Å². The maximum atomic E-state index is 12.3. The van der Waals surface area contributed by atoms with Crippen LogP contribution in [-0.2, 0) is 7.05 Å². The number of alkyl halides is 3. The van der Waals surface area contributed by atoms with E-state index in [-0.39, 0.29) is 5.16 Å². The molecule has 2 aromatic rings. The Labute approximate surface area is 129 Å². The number of hydrogen-bond acceptors (Lipinski definition) is 5. The van der Waals surface area contributed by atoms with Crippen LogP contribution in [0.2, 0.25) is 0 Å². The highest BCUT2D eigenvalue weighted by atomic mass is 32.2. The van der Waals surface area contributed by atoms with E-state index in [1.807, 2.05) is 0 Å². The summed E-state index contributed by atoms with van der Waals surface area (Å²) >= 11 is 0.790. The Hall–Kier alpha value is -1.74. The first kappa shape index (κ1) is 16.6. The molecule has 1 atom stereocenters. The third-order valence-electron chi connectivity index (χ3n) is 2.93. The Bertz CT molecular complexity index is 646. The molecule has 0 radical (unpaired) electrons. The average molecular weight is 333 g/mol. The molecule has 9 heteroatoms. The van der Waals surface area contributed by atoms with Crippen LogP contribution in [0.3, 0.4) is 0 Å². The number of aromatic nitrogens is 3. The molecule has 0 aliphatic heterocycles. The van der Waals surface area contributed by atoms with Crippen molar-refractivity contribution in [1.82, 2.24) is 14.8 Å². The summed E-state index contributed by atoms with van der Waals surface area (Å²) in [6, 6.07) is 7.13. The largest absolute Gasteiger partial charge is 0.496 e. The summed E-state index contributed by atoms with van der Waals surface area (Å²) < 4.78 is 43.7. The molecular weight excluding hydrogens is 319 g/mol. The standard InChI is InChI=1S/C13H14F3N3O2S/c1-19-11(8-5-3-4-6-9(8)21-2)17-18-12(19)22-7-10(20)13(14,15)16/h3-6,10,20H,7H2,1-2H3/t10-/m1/s1. The second-order valence-corrected chi connectivity index (χ2v) is 5.42. The number of aliphatic hydroxyl groups is 1. The van der Waals surface area contributed by atoms with Gasteiger partial charge in [0.2, 0.25) is 0 Å². The zero-order chi connectivity index (χ0) is 16.3. The van der Waals surface area contributed by atoms with Gasteiger partial charge in [-0.1, -0.05) is 23.9 Å². The monoisotopic (exact) mass is 333 g/mol. The summed E-state index contributed by atoms with van der Waals surface area (Å²) in [5, 5.41) is 17.1. The Morgan fingerprint density at radius 3 is 2.64 bits per heavy atom. The van der Waals surface area contributed by atoms with E-state index in [9.17, 15) is 13.2 Å².